The molecule has 86 valence electrons. The normalized spacial score (nSPS) is 10.2. The van der Waals surface area contributed by atoms with Gasteiger partial charge in [-0.2, -0.15) is 0 Å². The Labute approximate surface area is 98.7 Å². The van der Waals surface area contributed by atoms with E-state index >= 15 is 0 Å². The molecule has 0 unspecified atom stereocenters. The maximum Gasteiger partial charge on any atom is 0.221 e. The molecule has 0 atom stereocenters. The van der Waals surface area contributed by atoms with Crippen LogP contribution in [0, 0.1) is 0 Å². The first kappa shape index (κ1) is 11.3. The van der Waals surface area contributed by atoms with Crippen molar-refractivity contribution in [1.29, 1.82) is 0 Å². The zero-order valence-electron chi connectivity index (χ0n) is 9.65. The van der Waals surface area contributed by atoms with Crippen molar-refractivity contribution in [3.05, 3.63) is 36.2 Å². The molecule has 1 amide bonds. The molecule has 0 saturated carbocycles. The lowest BCUT2D eigenvalue weighted by molar-refractivity contribution is -0.114. The number of carbonyl (C=O) groups excluding carboxylic acids is 2. The highest BCUT2D eigenvalue weighted by Gasteiger charge is 2.10. The molecule has 1 aromatic heterocycles. The highest BCUT2D eigenvalue weighted by Crippen LogP contribution is 2.26. The van der Waals surface area contributed by atoms with E-state index in [0.717, 1.165) is 10.8 Å². The van der Waals surface area contributed by atoms with Crippen LogP contribution in [-0.2, 0) is 4.79 Å². The molecule has 2 rings (SSSR count). The van der Waals surface area contributed by atoms with Gasteiger partial charge in [-0.25, -0.2) is 0 Å². The van der Waals surface area contributed by atoms with Crippen LogP contribution >= 0.6 is 0 Å². The second-order valence-corrected chi connectivity index (χ2v) is 3.83. The first-order valence-electron chi connectivity index (χ1n) is 5.25. The van der Waals surface area contributed by atoms with E-state index in [1.807, 2.05) is 6.07 Å². The van der Waals surface area contributed by atoms with Crippen LogP contribution in [0.25, 0.3) is 10.8 Å². The summed E-state index contributed by atoms with van der Waals surface area (Å²) >= 11 is 0. The Hall–Kier alpha value is -2.23. The Balaban J connectivity index is 2.75. The largest absolute Gasteiger partial charge is 0.324 e. The van der Waals surface area contributed by atoms with Crippen molar-refractivity contribution >= 4 is 28.2 Å². The number of aromatic nitrogens is 1. The van der Waals surface area contributed by atoms with Gasteiger partial charge < -0.3 is 5.32 Å². The summed E-state index contributed by atoms with van der Waals surface area (Å²) in [4.78, 5) is 26.7. The van der Waals surface area contributed by atoms with Gasteiger partial charge in [-0.15, -0.1) is 0 Å². The Morgan fingerprint density at radius 1 is 1.18 bits per heavy atom. The molecule has 4 heteroatoms. The van der Waals surface area contributed by atoms with Gasteiger partial charge in [-0.3, -0.25) is 14.6 Å². The van der Waals surface area contributed by atoms with Crippen molar-refractivity contribution in [2.24, 2.45) is 0 Å². The molecule has 0 fully saturated rings. The van der Waals surface area contributed by atoms with Crippen LogP contribution in [0.4, 0.5) is 5.69 Å². The predicted molar refractivity (Wildman–Crippen MR) is 66.1 cm³/mol. The maximum atomic E-state index is 11.6. The number of nitrogens with one attached hydrogen (secondary N) is 1. The zero-order valence-corrected chi connectivity index (χ0v) is 9.65. The van der Waals surface area contributed by atoms with Crippen LogP contribution in [0.2, 0.25) is 0 Å². The van der Waals surface area contributed by atoms with Crippen LogP contribution in [0.15, 0.2) is 30.6 Å². The van der Waals surface area contributed by atoms with Crippen LogP contribution in [0.1, 0.15) is 24.2 Å². The molecule has 0 aliphatic heterocycles. The van der Waals surface area contributed by atoms with E-state index < -0.39 is 0 Å². The van der Waals surface area contributed by atoms with E-state index in [2.05, 4.69) is 10.3 Å². The Bertz CT molecular complexity index is 600. The first-order valence-corrected chi connectivity index (χ1v) is 5.25. The van der Waals surface area contributed by atoms with Gasteiger partial charge in [-0.1, -0.05) is 18.2 Å². The van der Waals surface area contributed by atoms with E-state index in [1.165, 1.54) is 13.8 Å². The van der Waals surface area contributed by atoms with Crippen molar-refractivity contribution < 1.29 is 9.59 Å². The number of nitrogens with zero attached hydrogens (tertiary/aromatic N) is 1. The lowest BCUT2D eigenvalue weighted by Crippen LogP contribution is -2.08. The number of pyridine rings is 1. The van der Waals surface area contributed by atoms with Crippen LogP contribution in [0.3, 0.4) is 0 Å². The van der Waals surface area contributed by atoms with Crippen molar-refractivity contribution in [3.8, 4) is 0 Å². The summed E-state index contributed by atoms with van der Waals surface area (Å²) in [6.45, 7) is 2.93. The smallest absolute Gasteiger partial charge is 0.221 e. The summed E-state index contributed by atoms with van der Waals surface area (Å²) in [5.41, 5.74) is 1.16. The molecule has 1 aromatic carbocycles. The van der Waals surface area contributed by atoms with E-state index in [1.54, 1.807) is 24.5 Å². The minimum Gasteiger partial charge on any atom is -0.324 e. The maximum absolute atomic E-state index is 11.6. The quantitative estimate of drug-likeness (QED) is 0.803. The molecular formula is C13H12N2O2. The average molecular weight is 228 g/mol. The zero-order chi connectivity index (χ0) is 12.4. The van der Waals surface area contributed by atoms with Gasteiger partial charge in [0.2, 0.25) is 5.91 Å². The number of amides is 1. The van der Waals surface area contributed by atoms with E-state index in [-0.39, 0.29) is 11.7 Å². The second kappa shape index (κ2) is 4.33. The topological polar surface area (TPSA) is 59.1 Å². The van der Waals surface area contributed by atoms with Gasteiger partial charge >= 0.3 is 0 Å². The van der Waals surface area contributed by atoms with Crippen LogP contribution in [0.5, 0.6) is 0 Å². The molecule has 0 saturated heterocycles. The average Bonchev–Trinajstić information content (AvgIpc) is 2.27. The van der Waals surface area contributed by atoms with Gasteiger partial charge in [0.15, 0.2) is 5.78 Å². The number of hydrogen-bond acceptors (Lipinski definition) is 3. The molecule has 0 aliphatic carbocycles. The second-order valence-electron chi connectivity index (χ2n) is 3.83. The Morgan fingerprint density at radius 2 is 1.94 bits per heavy atom. The van der Waals surface area contributed by atoms with Gasteiger partial charge in [0, 0.05) is 29.5 Å². The molecule has 2 aromatic rings. The predicted octanol–water partition coefficient (Wildman–Crippen LogP) is 2.40. The summed E-state index contributed by atoms with van der Waals surface area (Å²) < 4.78 is 0. The number of ketones is 1. The monoisotopic (exact) mass is 228 g/mol. The Morgan fingerprint density at radius 3 is 2.59 bits per heavy atom. The van der Waals surface area contributed by atoms with Gasteiger partial charge in [0.25, 0.3) is 0 Å². The fraction of sp³-hybridized carbons (Fsp3) is 0.154. The molecule has 0 radical (unpaired) electrons. The summed E-state index contributed by atoms with van der Waals surface area (Å²) in [7, 11) is 0. The molecule has 4 nitrogen and oxygen atoms in total. The summed E-state index contributed by atoms with van der Waals surface area (Å²) in [5, 5.41) is 4.27. The number of Topliss-reactive ketones (excluding diaryl/α,β-unsaturated/α-hetero) is 1. The number of hydrogen-bond donors (Lipinski definition) is 1. The van der Waals surface area contributed by atoms with Crippen molar-refractivity contribution in [2.75, 3.05) is 5.32 Å². The molecule has 0 spiro atoms. The van der Waals surface area contributed by atoms with E-state index in [9.17, 15) is 9.59 Å². The fourth-order valence-corrected chi connectivity index (χ4v) is 1.81. The third kappa shape index (κ3) is 2.15. The van der Waals surface area contributed by atoms with Crippen LogP contribution < -0.4 is 5.32 Å². The van der Waals surface area contributed by atoms with Crippen molar-refractivity contribution in [1.82, 2.24) is 4.98 Å². The summed E-state index contributed by atoms with van der Waals surface area (Å²) in [6.07, 6.45) is 3.23. The molecule has 0 bridgehead atoms. The van der Waals surface area contributed by atoms with Gasteiger partial charge in [-0.05, 0) is 6.92 Å². The number of rotatable bonds is 2. The highest BCUT2D eigenvalue weighted by molar-refractivity contribution is 6.13. The molecular weight excluding hydrogens is 216 g/mol. The van der Waals surface area contributed by atoms with Crippen LogP contribution in [-0.4, -0.2) is 16.7 Å². The third-order valence-corrected chi connectivity index (χ3v) is 2.47. The number of carbonyl (C=O) groups is 2. The minimum atomic E-state index is -0.183. The molecule has 1 N–H and O–H groups in total. The lowest BCUT2D eigenvalue weighted by Gasteiger charge is -2.09. The minimum absolute atomic E-state index is 0.0339. The Kier molecular flexibility index (Phi) is 2.87. The van der Waals surface area contributed by atoms with Crippen molar-refractivity contribution in [3.63, 3.8) is 0 Å². The number of benzene rings is 1. The van der Waals surface area contributed by atoms with E-state index in [0.29, 0.717) is 11.3 Å². The highest BCUT2D eigenvalue weighted by atomic mass is 16.1. The summed E-state index contributed by atoms with van der Waals surface area (Å²) in [5.74, 6) is -0.217. The lowest BCUT2D eigenvalue weighted by atomic mass is 10.0. The van der Waals surface area contributed by atoms with Gasteiger partial charge in [0.1, 0.15) is 0 Å². The standard InChI is InChI=1S/C13H12N2O2/c1-8(16)11-5-3-4-10-6-14-7-12(13(10)11)15-9(2)17/h3-7H,1-2H3,(H,15,17). The molecule has 0 aliphatic rings. The van der Waals surface area contributed by atoms with Gasteiger partial charge in [0.05, 0.1) is 11.9 Å². The fourth-order valence-electron chi connectivity index (χ4n) is 1.81. The summed E-state index contributed by atoms with van der Waals surface area (Å²) in [6, 6.07) is 5.41. The number of fused-ring (bicyclic) bond motifs is 1. The van der Waals surface area contributed by atoms with Crippen molar-refractivity contribution in [2.45, 2.75) is 13.8 Å². The van der Waals surface area contributed by atoms with E-state index in [4.69, 9.17) is 0 Å². The third-order valence-electron chi connectivity index (χ3n) is 2.47. The first-order chi connectivity index (χ1) is 8.09. The molecule has 1 heterocycles. The molecule has 17 heavy (non-hydrogen) atoms. The number of anilines is 1. The SMILES string of the molecule is CC(=O)Nc1cncc2cccc(C(C)=O)c12.